The number of aliphatic hydroxyl groups is 2. The zero-order valence-corrected chi connectivity index (χ0v) is 16.5. The van der Waals surface area contributed by atoms with Crippen LogP contribution in [0.1, 0.15) is 54.4 Å². The fourth-order valence-corrected chi connectivity index (χ4v) is 0.426. The van der Waals surface area contributed by atoms with Crippen LogP contribution in [0.15, 0.2) is 0 Å². The second kappa shape index (κ2) is 26.6. The van der Waals surface area contributed by atoms with E-state index in [1.54, 1.807) is 27.7 Å². The van der Waals surface area contributed by atoms with Gasteiger partial charge in [0, 0.05) is 12.2 Å². The number of hydrogen-bond donors (Lipinski definition) is 4. The summed E-state index contributed by atoms with van der Waals surface area (Å²) in [5.74, 6) is -2.75. The summed E-state index contributed by atoms with van der Waals surface area (Å²) in [6, 6.07) is 0. The van der Waals surface area contributed by atoms with Gasteiger partial charge in [-0.3, -0.25) is 19.2 Å². The van der Waals surface area contributed by atoms with E-state index in [4.69, 9.17) is 23.8 Å². The Morgan fingerprint density at radius 3 is 0.833 bits per heavy atom. The van der Waals surface area contributed by atoms with Crippen LogP contribution >= 0.6 is 0 Å². The first-order chi connectivity index (χ1) is 10.7. The number of carboxylic acid groups (broad SMARTS) is 2. The van der Waals surface area contributed by atoms with E-state index in [2.05, 4.69) is 0 Å². The summed E-state index contributed by atoms with van der Waals surface area (Å²) in [5, 5.41) is 31.8. The van der Waals surface area contributed by atoms with Crippen LogP contribution in [0.3, 0.4) is 0 Å². The molecule has 10 heteroatoms. The van der Waals surface area contributed by atoms with Gasteiger partial charge in [0.25, 0.3) is 0 Å². The van der Waals surface area contributed by atoms with Crippen molar-refractivity contribution >= 4 is 23.5 Å². The average Bonchev–Trinajstić information content (AvgIpc) is 2.26. The van der Waals surface area contributed by atoms with Crippen LogP contribution in [0.5, 0.6) is 0 Å². The van der Waals surface area contributed by atoms with E-state index in [1.807, 2.05) is 0 Å². The van der Waals surface area contributed by atoms with Crippen molar-refractivity contribution < 1.29 is 63.3 Å². The molecule has 0 heterocycles. The van der Waals surface area contributed by atoms with Gasteiger partial charge in [-0.05, 0) is 41.5 Å². The molecule has 0 rings (SSSR count). The molecule has 0 aromatic rings. The molecule has 0 saturated heterocycles. The number of hydrogen-bond acceptors (Lipinski definition) is 7. The molecule has 0 aliphatic heterocycles. The number of ketones is 2. The molecule has 9 nitrogen and oxygen atoms in total. The van der Waals surface area contributed by atoms with Gasteiger partial charge in [-0.1, -0.05) is 0 Å². The van der Waals surface area contributed by atoms with Crippen molar-refractivity contribution in [2.75, 3.05) is 0 Å². The Balaban J connectivity index is -0.0000000666. The summed E-state index contributed by atoms with van der Waals surface area (Å²) < 4.78 is 8.25. The normalized spacial score (nSPS) is 7.88. The third-order valence-corrected chi connectivity index (χ3v) is 0.800. The van der Waals surface area contributed by atoms with Crippen molar-refractivity contribution in [3.63, 3.8) is 0 Å². The van der Waals surface area contributed by atoms with Gasteiger partial charge in [-0.15, -0.1) is 0 Å². The second-order valence-corrected chi connectivity index (χ2v) is 4.73. The molecule has 0 atom stereocenters. The fraction of sp³-hybridized carbons (Fsp3) is 0.714. The third kappa shape index (κ3) is 179. The Kier molecular flexibility index (Phi) is 37.8. The van der Waals surface area contributed by atoms with Gasteiger partial charge in [0.1, 0.15) is 24.4 Å². The van der Waals surface area contributed by atoms with Gasteiger partial charge >= 0.3 is 35.7 Å². The van der Waals surface area contributed by atoms with Crippen LogP contribution in [0.4, 0.5) is 0 Å². The van der Waals surface area contributed by atoms with E-state index in [1.165, 1.54) is 13.8 Å². The molecule has 0 saturated carbocycles. The van der Waals surface area contributed by atoms with Crippen LogP contribution in [0.2, 0.25) is 0 Å². The second-order valence-electron chi connectivity index (χ2n) is 4.73. The summed E-state index contributed by atoms with van der Waals surface area (Å²) in [4.78, 5) is 38.9. The van der Waals surface area contributed by atoms with E-state index < -0.39 is 11.9 Å². The van der Waals surface area contributed by atoms with Crippen LogP contribution in [-0.2, 0) is 42.9 Å². The summed E-state index contributed by atoms with van der Waals surface area (Å²) >= 11 is 0.750. The van der Waals surface area contributed by atoms with Crippen LogP contribution in [-0.4, -0.2) is 56.1 Å². The van der Waals surface area contributed by atoms with Crippen molar-refractivity contribution in [3.8, 4) is 0 Å². The maximum atomic E-state index is 9.87. The first-order valence-corrected chi connectivity index (χ1v) is 7.35. The maximum absolute atomic E-state index is 9.87. The Labute approximate surface area is 153 Å². The van der Waals surface area contributed by atoms with Crippen molar-refractivity contribution in [1.82, 2.24) is 0 Å². The van der Waals surface area contributed by atoms with Crippen molar-refractivity contribution in [1.29, 1.82) is 0 Å². The molecule has 0 fully saturated rings. The average molecular weight is 388 g/mol. The Bertz CT molecular complexity index is 280. The van der Waals surface area contributed by atoms with Crippen LogP contribution in [0, 0.1) is 0 Å². The van der Waals surface area contributed by atoms with E-state index in [9.17, 15) is 19.2 Å². The number of aliphatic hydroxyl groups excluding tert-OH is 2. The minimum absolute atomic E-state index is 0.167. The number of Topliss-reactive ketones (excluding diaryl/α,β-unsaturated/α-hetero) is 2. The summed E-state index contributed by atoms with van der Waals surface area (Å²) in [7, 11) is 0. The number of carboxylic acids is 2. The number of rotatable bonds is 4. The fourth-order valence-electron chi connectivity index (χ4n) is 0.426. The molecule has 142 valence electrons. The Morgan fingerprint density at radius 1 is 0.708 bits per heavy atom. The Morgan fingerprint density at radius 2 is 0.833 bits per heavy atom. The van der Waals surface area contributed by atoms with Gasteiger partial charge < -0.3 is 20.4 Å². The van der Waals surface area contributed by atoms with Gasteiger partial charge in [0.2, 0.25) is 0 Å². The SMILES string of the molecule is CC(=O)CC(=O)O.CC(=O)CC(=O)O.CC(C)O.CC(C)O.[O]=[Ti]. The molecule has 0 radical (unpaired) electrons. The molecule has 4 N–H and O–H groups in total. The monoisotopic (exact) mass is 388 g/mol. The van der Waals surface area contributed by atoms with Gasteiger partial charge in [-0.2, -0.15) is 0 Å². The zero-order valence-electron chi connectivity index (χ0n) is 14.9. The van der Waals surface area contributed by atoms with Crippen molar-refractivity contribution in [3.05, 3.63) is 0 Å². The van der Waals surface area contributed by atoms with E-state index in [0.717, 1.165) is 20.4 Å². The molecule has 0 aromatic heterocycles. The molecule has 0 aromatic carbocycles. The van der Waals surface area contributed by atoms with E-state index in [0.29, 0.717) is 0 Å². The molecule has 0 aliphatic carbocycles. The first-order valence-electron chi connectivity index (χ1n) is 6.71. The molecule has 0 bridgehead atoms. The quantitative estimate of drug-likeness (QED) is 0.401. The molecular weight excluding hydrogens is 360 g/mol. The van der Waals surface area contributed by atoms with Crippen molar-refractivity contribution in [2.45, 2.75) is 66.6 Å². The molecule has 0 spiro atoms. The topological polar surface area (TPSA) is 166 Å². The van der Waals surface area contributed by atoms with Crippen LogP contribution in [0.25, 0.3) is 0 Å². The first kappa shape index (κ1) is 34.1. The van der Waals surface area contributed by atoms with Crippen LogP contribution < -0.4 is 0 Å². The van der Waals surface area contributed by atoms with Crippen molar-refractivity contribution in [2.24, 2.45) is 0 Å². The molecule has 0 unspecified atom stereocenters. The third-order valence-electron chi connectivity index (χ3n) is 0.800. The predicted molar refractivity (Wildman–Crippen MR) is 81.3 cm³/mol. The summed E-state index contributed by atoms with van der Waals surface area (Å²) in [6.07, 6.45) is -1.06. The molecule has 0 aliphatic rings. The summed E-state index contributed by atoms with van der Waals surface area (Å²) in [6.45, 7) is 9.38. The zero-order chi connectivity index (χ0) is 20.9. The number of carbonyl (C=O) groups excluding carboxylic acids is 2. The van der Waals surface area contributed by atoms with E-state index in [-0.39, 0.29) is 36.6 Å². The van der Waals surface area contributed by atoms with Gasteiger partial charge in [0.15, 0.2) is 0 Å². The van der Waals surface area contributed by atoms with E-state index >= 15 is 0 Å². The minimum atomic E-state index is -1.06. The van der Waals surface area contributed by atoms with Gasteiger partial charge in [-0.25, -0.2) is 0 Å². The number of carbonyl (C=O) groups is 4. The molecule has 0 amide bonds. The predicted octanol–water partition coefficient (Wildman–Crippen LogP) is 0.753. The Hall–Kier alpha value is -1.29. The molecular formula is C14H28O9Ti. The standard InChI is InChI=1S/2C4H6O3.2C3H8O.O.Ti/c2*1-3(5)2-4(6)7;2*1-3(2)4;;/h2*2H2,1H3,(H,6,7);2*3-4H,1-2H3;;. The number of aliphatic carboxylic acids is 2. The summed E-state index contributed by atoms with van der Waals surface area (Å²) in [5.41, 5.74) is 0. The molecule has 24 heavy (non-hydrogen) atoms. The van der Waals surface area contributed by atoms with Gasteiger partial charge in [0.05, 0.1) is 0 Å².